The first kappa shape index (κ1) is 32.4. The number of hydrogen-bond acceptors (Lipinski definition) is 3. The van der Waals surface area contributed by atoms with Gasteiger partial charge in [-0.1, -0.05) is 117 Å². The number of benzene rings is 5. The second-order valence-electron chi connectivity index (χ2n) is 15.0. The summed E-state index contributed by atoms with van der Waals surface area (Å²) >= 11 is 0. The van der Waals surface area contributed by atoms with Crippen molar-refractivity contribution in [1.82, 2.24) is 9.97 Å². The molecule has 51 heavy (non-hydrogen) atoms. The van der Waals surface area contributed by atoms with E-state index in [-0.39, 0.29) is 11.2 Å². The van der Waals surface area contributed by atoms with E-state index in [1.54, 1.807) is 0 Å². The van der Waals surface area contributed by atoms with Gasteiger partial charge in [-0.05, 0) is 124 Å². The minimum Gasteiger partial charge on any atom is -0.507 e. The molecule has 0 saturated carbocycles. The van der Waals surface area contributed by atoms with Gasteiger partial charge in [-0.3, -0.25) is 4.98 Å². The number of aryl methyl sites for hydroxylation is 3. The third-order valence-electron chi connectivity index (χ3n) is 10.5. The van der Waals surface area contributed by atoms with Gasteiger partial charge in [0.1, 0.15) is 5.75 Å². The number of nitrogens with zero attached hydrogens (tertiary/aromatic N) is 2. The number of aromatic nitrogens is 2. The van der Waals surface area contributed by atoms with Gasteiger partial charge in [0.2, 0.25) is 0 Å². The van der Waals surface area contributed by atoms with Crippen molar-refractivity contribution >= 4 is 0 Å². The first-order chi connectivity index (χ1) is 24.6. The highest BCUT2D eigenvalue weighted by atomic mass is 16.3. The second kappa shape index (κ2) is 12.2. The third-order valence-corrected chi connectivity index (χ3v) is 10.5. The van der Waals surface area contributed by atoms with E-state index in [4.69, 9.17) is 9.97 Å². The van der Waals surface area contributed by atoms with Crippen LogP contribution in [0.4, 0.5) is 0 Å². The molecule has 1 aliphatic rings. The summed E-state index contributed by atoms with van der Waals surface area (Å²) in [5.74, 6) is 0.221. The van der Waals surface area contributed by atoms with Crippen molar-refractivity contribution in [3.05, 3.63) is 184 Å². The zero-order valence-electron chi connectivity index (χ0n) is 30.1. The summed E-state index contributed by atoms with van der Waals surface area (Å²) in [6.07, 6.45) is 1.89. The number of rotatable bonds is 5. The van der Waals surface area contributed by atoms with Crippen LogP contribution in [0, 0.1) is 20.8 Å². The minimum atomic E-state index is -0.602. The summed E-state index contributed by atoms with van der Waals surface area (Å²) in [7, 11) is 0. The number of phenols is 1. The van der Waals surface area contributed by atoms with Crippen LogP contribution in [-0.2, 0) is 10.8 Å². The Kier molecular flexibility index (Phi) is 7.76. The Morgan fingerprint density at radius 2 is 1.22 bits per heavy atom. The Balaban J connectivity index is 1.31. The molecule has 8 rings (SSSR count). The number of phenolic OH excluding ortho intramolecular Hbond substituents is 1. The quantitative estimate of drug-likeness (QED) is 0.199. The lowest BCUT2D eigenvalue weighted by Gasteiger charge is -2.33. The maximum absolute atomic E-state index is 11.6. The summed E-state index contributed by atoms with van der Waals surface area (Å²) in [5.41, 5.74) is 16.6. The highest BCUT2D eigenvalue weighted by molar-refractivity contribution is 5.86. The van der Waals surface area contributed by atoms with Crippen LogP contribution >= 0.6 is 0 Å². The molecule has 5 aromatic carbocycles. The summed E-state index contributed by atoms with van der Waals surface area (Å²) in [4.78, 5) is 10.3. The van der Waals surface area contributed by atoms with Crippen molar-refractivity contribution in [2.24, 2.45) is 0 Å². The van der Waals surface area contributed by atoms with E-state index in [9.17, 15) is 5.11 Å². The van der Waals surface area contributed by atoms with E-state index in [1.807, 2.05) is 24.4 Å². The average Bonchev–Trinajstić information content (AvgIpc) is 3.42. The van der Waals surface area contributed by atoms with E-state index >= 15 is 0 Å². The Morgan fingerprint density at radius 3 is 1.84 bits per heavy atom. The molecule has 0 aliphatic heterocycles. The molecular formula is C48H42N2O. The van der Waals surface area contributed by atoms with Gasteiger partial charge in [-0.2, -0.15) is 0 Å². The summed E-state index contributed by atoms with van der Waals surface area (Å²) < 4.78 is 0. The minimum absolute atomic E-state index is 0.145. The van der Waals surface area contributed by atoms with E-state index in [0.717, 1.165) is 44.9 Å². The molecule has 2 heterocycles. The van der Waals surface area contributed by atoms with Gasteiger partial charge < -0.3 is 5.11 Å². The average molecular weight is 663 g/mol. The third kappa shape index (κ3) is 5.36. The number of aromatic hydroxyl groups is 1. The molecule has 0 fully saturated rings. The van der Waals surface area contributed by atoms with Crippen LogP contribution < -0.4 is 0 Å². The second-order valence-corrected chi connectivity index (χ2v) is 15.0. The molecule has 7 aromatic rings. The van der Waals surface area contributed by atoms with Gasteiger partial charge in [0, 0.05) is 17.3 Å². The molecule has 250 valence electrons. The number of hydrogen-bond donors (Lipinski definition) is 1. The molecule has 0 amide bonds. The first-order valence-electron chi connectivity index (χ1n) is 17.7. The zero-order chi connectivity index (χ0) is 35.5. The molecule has 0 unspecified atom stereocenters. The highest BCUT2D eigenvalue weighted by Gasteiger charge is 2.47. The predicted molar refractivity (Wildman–Crippen MR) is 210 cm³/mol. The van der Waals surface area contributed by atoms with Crippen LogP contribution in [0.25, 0.3) is 44.8 Å². The standard InChI is InChI=1S/C48H42N2O/c1-30-24-31(2)46(32(3)25-30)34-21-22-39(44(51)27-34)43-29-36(47(4,5)6)28-42(50-43)33-14-13-15-35(26-33)48(45-20-11-12-23-49-45)40-18-9-7-16-37(40)38-17-8-10-19-41(38)48/h7-29,51H,1-6H3. The molecule has 1 aliphatic carbocycles. The SMILES string of the molecule is Cc1cc(C)c(-c2ccc(-c3cc(C(C)(C)C)cc(-c4cccc(C5(c6ccccn6)c6ccccc6-c6ccccc65)c4)n3)c(O)c2)c(C)c1. The van der Waals surface area contributed by atoms with E-state index in [0.29, 0.717) is 5.56 Å². The van der Waals surface area contributed by atoms with Crippen molar-refractivity contribution in [3.8, 4) is 50.5 Å². The van der Waals surface area contributed by atoms with Gasteiger partial charge in [0.25, 0.3) is 0 Å². The zero-order valence-corrected chi connectivity index (χ0v) is 30.1. The summed E-state index contributed by atoms with van der Waals surface area (Å²) in [6, 6.07) is 47.2. The van der Waals surface area contributed by atoms with Gasteiger partial charge in [-0.15, -0.1) is 0 Å². The normalized spacial score (nSPS) is 13.1. The molecule has 3 nitrogen and oxygen atoms in total. The fourth-order valence-electron chi connectivity index (χ4n) is 8.25. The molecule has 2 aromatic heterocycles. The lowest BCUT2D eigenvalue weighted by molar-refractivity contribution is 0.477. The lowest BCUT2D eigenvalue weighted by Crippen LogP contribution is -2.29. The van der Waals surface area contributed by atoms with Crippen LogP contribution in [0.2, 0.25) is 0 Å². The predicted octanol–water partition coefficient (Wildman–Crippen LogP) is 11.8. The Morgan fingerprint density at radius 1 is 0.569 bits per heavy atom. The van der Waals surface area contributed by atoms with Crippen LogP contribution in [0.5, 0.6) is 5.75 Å². The van der Waals surface area contributed by atoms with Crippen molar-refractivity contribution in [1.29, 1.82) is 0 Å². The highest BCUT2D eigenvalue weighted by Crippen LogP contribution is 2.55. The van der Waals surface area contributed by atoms with Gasteiger partial charge in [0.05, 0.1) is 22.5 Å². The van der Waals surface area contributed by atoms with Crippen LogP contribution in [0.1, 0.15) is 65.4 Å². The fraction of sp³-hybridized carbons (Fsp3) is 0.167. The van der Waals surface area contributed by atoms with Crippen LogP contribution in [0.3, 0.4) is 0 Å². The fourth-order valence-corrected chi connectivity index (χ4v) is 8.25. The summed E-state index contributed by atoms with van der Waals surface area (Å²) in [5, 5.41) is 11.6. The molecule has 0 atom stereocenters. The first-order valence-corrected chi connectivity index (χ1v) is 17.7. The monoisotopic (exact) mass is 662 g/mol. The topological polar surface area (TPSA) is 46.0 Å². The molecule has 1 N–H and O–H groups in total. The number of pyridine rings is 2. The molecule has 0 bridgehead atoms. The maximum Gasteiger partial charge on any atom is 0.125 e. The smallest absolute Gasteiger partial charge is 0.125 e. The largest absolute Gasteiger partial charge is 0.507 e. The molecular weight excluding hydrogens is 621 g/mol. The van der Waals surface area contributed by atoms with Crippen molar-refractivity contribution in [2.45, 2.75) is 52.4 Å². The van der Waals surface area contributed by atoms with Crippen LogP contribution in [-0.4, -0.2) is 15.1 Å². The van der Waals surface area contributed by atoms with E-state index in [2.05, 4.69) is 157 Å². The van der Waals surface area contributed by atoms with E-state index < -0.39 is 5.41 Å². The van der Waals surface area contributed by atoms with Crippen molar-refractivity contribution in [2.75, 3.05) is 0 Å². The molecule has 0 spiro atoms. The van der Waals surface area contributed by atoms with Gasteiger partial charge >= 0.3 is 0 Å². The Hall–Kier alpha value is -5.80. The number of fused-ring (bicyclic) bond motifs is 3. The van der Waals surface area contributed by atoms with Crippen molar-refractivity contribution in [3.63, 3.8) is 0 Å². The molecule has 0 radical (unpaired) electrons. The summed E-state index contributed by atoms with van der Waals surface area (Å²) in [6.45, 7) is 13.1. The van der Waals surface area contributed by atoms with Gasteiger partial charge in [0.15, 0.2) is 0 Å². The van der Waals surface area contributed by atoms with Crippen LogP contribution in [0.15, 0.2) is 140 Å². The molecule has 0 saturated heterocycles. The Labute approximate surface area is 301 Å². The Bertz CT molecular complexity index is 2380. The van der Waals surface area contributed by atoms with Crippen molar-refractivity contribution < 1.29 is 5.11 Å². The van der Waals surface area contributed by atoms with Gasteiger partial charge in [-0.25, -0.2) is 4.98 Å². The lowest BCUT2D eigenvalue weighted by atomic mass is 9.69. The molecule has 3 heteroatoms. The maximum atomic E-state index is 11.6. The van der Waals surface area contributed by atoms with E-state index in [1.165, 1.54) is 38.9 Å².